The Morgan fingerprint density at radius 3 is 2.79 bits per heavy atom. The second-order valence-corrected chi connectivity index (χ2v) is 6.53. The standard InChI is InChI=1S/C16H18N2O5S/c19-15(20)17-6-7-18(16(21)22)11(10-17)4-8-23-13-2-1-3-14-12(13)5-9-24-14/h1-3,5,9,11H,4,6-8,10H2,(H,19,20)(H,21,22)/t11-/m1/s1. The van der Waals surface area contributed by atoms with E-state index < -0.39 is 18.2 Å². The van der Waals surface area contributed by atoms with Gasteiger partial charge < -0.3 is 24.7 Å². The molecule has 1 aromatic heterocycles. The van der Waals surface area contributed by atoms with Crippen molar-refractivity contribution in [3.63, 3.8) is 0 Å². The van der Waals surface area contributed by atoms with E-state index in [1.165, 1.54) is 9.80 Å². The summed E-state index contributed by atoms with van der Waals surface area (Å²) in [6.07, 6.45) is -1.60. The molecule has 1 atom stereocenters. The van der Waals surface area contributed by atoms with Crippen LogP contribution in [0.5, 0.6) is 5.75 Å². The van der Waals surface area contributed by atoms with Crippen molar-refractivity contribution in [2.45, 2.75) is 12.5 Å². The molecule has 1 aliphatic heterocycles. The minimum atomic E-state index is -1.02. The molecule has 0 unspecified atom stereocenters. The third-order valence-electron chi connectivity index (χ3n) is 4.16. The Labute approximate surface area is 142 Å². The van der Waals surface area contributed by atoms with Crippen molar-refractivity contribution in [2.75, 3.05) is 26.2 Å². The molecule has 1 fully saturated rings. The lowest BCUT2D eigenvalue weighted by Crippen LogP contribution is -2.56. The minimum absolute atomic E-state index is 0.174. The molecule has 8 heteroatoms. The van der Waals surface area contributed by atoms with Crippen LogP contribution < -0.4 is 4.74 Å². The third-order valence-corrected chi connectivity index (χ3v) is 5.05. The van der Waals surface area contributed by atoms with Crippen LogP contribution in [-0.4, -0.2) is 64.5 Å². The summed E-state index contributed by atoms with van der Waals surface area (Å²) < 4.78 is 6.96. The maximum Gasteiger partial charge on any atom is 0.407 e. The molecular weight excluding hydrogens is 332 g/mol. The number of thiophene rings is 1. The smallest absolute Gasteiger partial charge is 0.407 e. The molecular formula is C16H18N2O5S. The van der Waals surface area contributed by atoms with Crippen molar-refractivity contribution in [2.24, 2.45) is 0 Å². The molecule has 2 aromatic rings. The minimum Gasteiger partial charge on any atom is -0.493 e. The Hall–Kier alpha value is -2.48. The SMILES string of the molecule is O=C(O)N1CCN(C(=O)O)[C@H](CCOc2cccc3sccc23)C1. The molecule has 7 nitrogen and oxygen atoms in total. The van der Waals surface area contributed by atoms with Gasteiger partial charge in [0.15, 0.2) is 0 Å². The number of hydrogen-bond donors (Lipinski definition) is 2. The highest BCUT2D eigenvalue weighted by molar-refractivity contribution is 7.17. The van der Waals surface area contributed by atoms with E-state index in [1.54, 1.807) is 11.3 Å². The largest absolute Gasteiger partial charge is 0.493 e. The summed E-state index contributed by atoms with van der Waals surface area (Å²) >= 11 is 1.63. The Bertz CT molecular complexity index is 747. The Balaban J connectivity index is 1.63. The first kappa shape index (κ1) is 16.4. The molecule has 128 valence electrons. The number of hydrogen-bond acceptors (Lipinski definition) is 4. The molecule has 3 rings (SSSR count). The van der Waals surface area contributed by atoms with Gasteiger partial charge in [-0.3, -0.25) is 0 Å². The van der Waals surface area contributed by atoms with Crippen LogP contribution in [0.4, 0.5) is 9.59 Å². The first-order valence-electron chi connectivity index (χ1n) is 7.62. The second-order valence-electron chi connectivity index (χ2n) is 5.58. The number of carboxylic acid groups (broad SMARTS) is 2. The van der Waals surface area contributed by atoms with E-state index >= 15 is 0 Å². The van der Waals surface area contributed by atoms with E-state index in [0.717, 1.165) is 15.8 Å². The molecule has 0 bridgehead atoms. The van der Waals surface area contributed by atoms with E-state index in [-0.39, 0.29) is 19.6 Å². The van der Waals surface area contributed by atoms with Gasteiger partial charge in [-0.05, 0) is 23.6 Å². The summed E-state index contributed by atoms with van der Waals surface area (Å²) in [7, 11) is 0. The fourth-order valence-corrected chi connectivity index (χ4v) is 3.73. The van der Waals surface area contributed by atoms with Gasteiger partial charge in [-0.15, -0.1) is 11.3 Å². The third kappa shape index (κ3) is 3.38. The number of ether oxygens (including phenoxy) is 1. The first-order valence-corrected chi connectivity index (χ1v) is 8.50. The zero-order valence-electron chi connectivity index (χ0n) is 12.9. The molecule has 1 saturated heterocycles. The van der Waals surface area contributed by atoms with Crippen molar-refractivity contribution in [3.8, 4) is 5.75 Å². The summed E-state index contributed by atoms with van der Waals surface area (Å²) in [5, 5.41) is 21.4. The second kappa shape index (κ2) is 6.96. The van der Waals surface area contributed by atoms with E-state index in [0.29, 0.717) is 13.0 Å². The summed E-state index contributed by atoms with van der Waals surface area (Å²) in [6, 6.07) is 7.42. The van der Waals surface area contributed by atoms with Gasteiger partial charge in [-0.2, -0.15) is 0 Å². The fourth-order valence-electron chi connectivity index (χ4n) is 2.93. The summed E-state index contributed by atoms with van der Waals surface area (Å²) in [6.45, 7) is 0.893. The number of nitrogens with zero attached hydrogens (tertiary/aromatic N) is 2. The predicted molar refractivity (Wildman–Crippen MR) is 90.1 cm³/mol. The van der Waals surface area contributed by atoms with Crippen LogP contribution in [0.3, 0.4) is 0 Å². The van der Waals surface area contributed by atoms with Crippen molar-refractivity contribution < 1.29 is 24.5 Å². The van der Waals surface area contributed by atoms with Crippen molar-refractivity contribution in [1.29, 1.82) is 0 Å². The summed E-state index contributed by atoms with van der Waals surface area (Å²) in [4.78, 5) is 25.0. The highest BCUT2D eigenvalue weighted by Gasteiger charge is 2.32. The molecule has 1 aromatic carbocycles. The molecule has 0 radical (unpaired) electrons. The zero-order chi connectivity index (χ0) is 17.1. The molecule has 24 heavy (non-hydrogen) atoms. The number of rotatable bonds is 4. The number of benzene rings is 1. The predicted octanol–water partition coefficient (Wildman–Crippen LogP) is 3.01. The quantitative estimate of drug-likeness (QED) is 0.884. The summed E-state index contributed by atoms with van der Waals surface area (Å²) in [5.41, 5.74) is 0. The van der Waals surface area contributed by atoms with Crippen molar-refractivity contribution >= 4 is 33.6 Å². The van der Waals surface area contributed by atoms with Crippen LogP contribution in [0.1, 0.15) is 6.42 Å². The highest BCUT2D eigenvalue weighted by Crippen LogP contribution is 2.29. The van der Waals surface area contributed by atoms with Gasteiger partial charge in [0.05, 0.1) is 12.6 Å². The number of amides is 2. The average Bonchev–Trinajstić information content (AvgIpc) is 3.04. The molecule has 2 heterocycles. The molecule has 0 aliphatic carbocycles. The molecule has 0 saturated carbocycles. The van der Waals surface area contributed by atoms with E-state index in [4.69, 9.17) is 9.84 Å². The van der Waals surface area contributed by atoms with Gasteiger partial charge in [-0.25, -0.2) is 9.59 Å². The topological polar surface area (TPSA) is 90.3 Å². The Morgan fingerprint density at radius 1 is 1.21 bits per heavy atom. The lowest BCUT2D eigenvalue weighted by atomic mass is 10.1. The van der Waals surface area contributed by atoms with Crippen LogP contribution >= 0.6 is 11.3 Å². The summed E-state index contributed by atoms with van der Waals surface area (Å²) in [5.74, 6) is 0.765. The zero-order valence-corrected chi connectivity index (χ0v) is 13.7. The van der Waals surface area contributed by atoms with Gasteiger partial charge in [0.1, 0.15) is 5.75 Å². The van der Waals surface area contributed by atoms with Gasteiger partial charge in [0.25, 0.3) is 0 Å². The van der Waals surface area contributed by atoms with Gasteiger partial charge in [0.2, 0.25) is 0 Å². The molecule has 1 aliphatic rings. The maximum atomic E-state index is 11.3. The van der Waals surface area contributed by atoms with E-state index in [9.17, 15) is 14.7 Å². The fraction of sp³-hybridized carbons (Fsp3) is 0.375. The van der Waals surface area contributed by atoms with Crippen LogP contribution in [0.15, 0.2) is 29.6 Å². The van der Waals surface area contributed by atoms with Crippen LogP contribution in [0.2, 0.25) is 0 Å². The molecule has 0 spiro atoms. The number of carbonyl (C=O) groups is 2. The monoisotopic (exact) mass is 350 g/mol. The van der Waals surface area contributed by atoms with Crippen molar-refractivity contribution in [3.05, 3.63) is 29.6 Å². The molecule has 2 amide bonds. The van der Waals surface area contributed by atoms with Crippen molar-refractivity contribution in [1.82, 2.24) is 9.80 Å². The highest BCUT2D eigenvalue weighted by atomic mass is 32.1. The van der Waals surface area contributed by atoms with Gasteiger partial charge in [-0.1, -0.05) is 6.07 Å². The normalized spacial score (nSPS) is 17.9. The Kier molecular flexibility index (Phi) is 4.75. The Morgan fingerprint density at radius 2 is 2.04 bits per heavy atom. The van der Waals surface area contributed by atoms with Crippen LogP contribution in [0, 0.1) is 0 Å². The maximum absolute atomic E-state index is 11.3. The number of fused-ring (bicyclic) bond motifs is 1. The first-order chi connectivity index (χ1) is 11.6. The van der Waals surface area contributed by atoms with Crippen LogP contribution in [0.25, 0.3) is 10.1 Å². The van der Waals surface area contributed by atoms with Crippen LogP contribution in [-0.2, 0) is 0 Å². The number of piperazine rings is 1. The lowest BCUT2D eigenvalue weighted by molar-refractivity contribution is 0.0563. The molecule has 2 N–H and O–H groups in total. The lowest BCUT2D eigenvalue weighted by Gasteiger charge is -2.38. The van der Waals surface area contributed by atoms with Gasteiger partial charge >= 0.3 is 12.2 Å². The van der Waals surface area contributed by atoms with E-state index in [2.05, 4.69) is 0 Å². The van der Waals surface area contributed by atoms with Gasteiger partial charge in [0, 0.05) is 36.1 Å². The average molecular weight is 350 g/mol. The van der Waals surface area contributed by atoms with E-state index in [1.807, 2.05) is 29.6 Å².